The molecule has 2 aromatic rings. The van der Waals surface area contributed by atoms with E-state index >= 15 is 0 Å². The summed E-state index contributed by atoms with van der Waals surface area (Å²) in [5.74, 6) is -0.305. The Morgan fingerprint density at radius 2 is 2.00 bits per heavy atom. The number of aromatic hydroxyl groups is 1. The Hall–Kier alpha value is -2.48. The predicted octanol–water partition coefficient (Wildman–Crippen LogP) is 2.95. The molecule has 0 aromatic heterocycles. The number of likely N-dealkylation sites (tertiary alicyclic amines) is 1. The average molecular weight is 434 g/mol. The zero-order chi connectivity index (χ0) is 21.3. The number of carboxylic acids is 1. The van der Waals surface area contributed by atoms with Gasteiger partial charge >= 0.3 is 5.97 Å². The van der Waals surface area contributed by atoms with E-state index in [9.17, 15) is 20.1 Å². The topological polar surface area (TPSA) is 99.5 Å². The summed E-state index contributed by atoms with van der Waals surface area (Å²) in [5.41, 5.74) is 0.880. The van der Waals surface area contributed by atoms with E-state index in [1.54, 1.807) is 0 Å². The van der Waals surface area contributed by atoms with Gasteiger partial charge in [0.25, 0.3) is 0 Å². The number of phenols is 1. The lowest BCUT2D eigenvalue weighted by Crippen LogP contribution is -2.49. The molecule has 2 aliphatic heterocycles. The Labute approximate surface area is 179 Å². The SMILES string of the molecule is O=C(O)c1ccc(O)cc1OC[C@H](O)CN1CCC2(CC1)Cc1cc(Cl)ccc1O2. The number of β-amino-alcohol motifs (C(OH)–C–C–N with tert-alkyl or cyclic N) is 1. The molecule has 0 unspecified atom stereocenters. The number of aromatic carboxylic acids is 1. The molecule has 0 bridgehead atoms. The highest BCUT2D eigenvalue weighted by molar-refractivity contribution is 6.30. The zero-order valence-corrected chi connectivity index (χ0v) is 17.1. The third kappa shape index (κ3) is 4.48. The highest BCUT2D eigenvalue weighted by Gasteiger charge is 2.42. The van der Waals surface area contributed by atoms with Gasteiger partial charge in [-0.2, -0.15) is 0 Å². The standard InChI is InChI=1S/C22H24ClNO6/c23-15-1-4-19-14(9-15)11-22(30-19)5-7-24(8-6-22)12-17(26)13-29-20-10-16(25)2-3-18(20)21(27)28/h1-4,9-10,17,25-26H,5-8,11-13H2,(H,27,28)/t17-/m1/s1. The van der Waals surface area contributed by atoms with E-state index in [-0.39, 0.29) is 29.3 Å². The van der Waals surface area contributed by atoms with Crippen molar-refractivity contribution in [3.05, 3.63) is 52.5 Å². The molecule has 3 N–H and O–H groups in total. The van der Waals surface area contributed by atoms with Crippen molar-refractivity contribution >= 4 is 17.6 Å². The van der Waals surface area contributed by atoms with Crippen LogP contribution in [0.4, 0.5) is 0 Å². The first kappa shape index (κ1) is 20.8. The first-order valence-electron chi connectivity index (χ1n) is 9.91. The molecule has 0 radical (unpaired) electrons. The highest BCUT2D eigenvalue weighted by Crippen LogP contribution is 2.41. The maximum absolute atomic E-state index is 11.3. The van der Waals surface area contributed by atoms with E-state index < -0.39 is 12.1 Å². The summed E-state index contributed by atoms with van der Waals surface area (Å²) in [6.07, 6.45) is 1.76. The van der Waals surface area contributed by atoms with E-state index in [0.717, 1.165) is 43.7 Å². The summed E-state index contributed by atoms with van der Waals surface area (Å²) in [5, 5.41) is 29.9. The van der Waals surface area contributed by atoms with Crippen LogP contribution in [0.1, 0.15) is 28.8 Å². The van der Waals surface area contributed by atoms with Gasteiger partial charge in [0.2, 0.25) is 0 Å². The quantitative estimate of drug-likeness (QED) is 0.644. The fourth-order valence-electron chi connectivity index (χ4n) is 4.17. The number of aliphatic hydroxyl groups excluding tert-OH is 1. The number of aliphatic hydroxyl groups is 1. The molecule has 7 nitrogen and oxygen atoms in total. The van der Waals surface area contributed by atoms with Gasteiger partial charge < -0.3 is 29.7 Å². The van der Waals surface area contributed by atoms with E-state index in [2.05, 4.69) is 4.90 Å². The minimum atomic E-state index is -1.15. The number of phenolic OH excluding ortho intramolecular Hbond substituents is 1. The molecule has 1 spiro atoms. The lowest BCUT2D eigenvalue weighted by molar-refractivity contribution is -0.00203. The molecule has 0 aliphatic carbocycles. The summed E-state index contributed by atoms with van der Waals surface area (Å²) in [6.45, 7) is 1.92. The van der Waals surface area contributed by atoms with Crippen molar-refractivity contribution in [2.75, 3.05) is 26.2 Å². The Morgan fingerprint density at radius 3 is 2.73 bits per heavy atom. The summed E-state index contributed by atoms with van der Waals surface area (Å²) in [4.78, 5) is 13.4. The van der Waals surface area contributed by atoms with Gasteiger partial charge in [-0.1, -0.05) is 11.6 Å². The van der Waals surface area contributed by atoms with Gasteiger partial charge in [0.15, 0.2) is 0 Å². The summed E-state index contributed by atoms with van der Waals surface area (Å²) in [6, 6.07) is 9.53. The number of fused-ring (bicyclic) bond motifs is 1. The van der Waals surface area contributed by atoms with E-state index in [4.69, 9.17) is 21.1 Å². The molecule has 2 aliphatic rings. The zero-order valence-electron chi connectivity index (χ0n) is 16.4. The number of benzene rings is 2. The van der Waals surface area contributed by atoms with Gasteiger partial charge in [-0.3, -0.25) is 0 Å². The van der Waals surface area contributed by atoms with Crippen molar-refractivity contribution in [2.24, 2.45) is 0 Å². The van der Waals surface area contributed by atoms with Gasteiger partial charge in [0, 0.05) is 50.0 Å². The Bertz CT molecular complexity index is 941. The van der Waals surface area contributed by atoms with Crippen molar-refractivity contribution in [3.63, 3.8) is 0 Å². The summed E-state index contributed by atoms with van der Waals surface area (Å²) >= 11 is 6.09. The minimum Gasteiger partial charge on any atom is -0.508 e. The molecule has 1 atom stereocenters. The van der Waals surface area contributed by atoms with Gasteiger partial charge in [-0.25, -0.2) is 4.79 Å². The van der Waals surface area contributed by atoms with Crippen LogP contribution in [0, 0.1) is 0 Å². The van der Waals surface area contributed by atoms with Crippen LogP contribution < -0.4 is 9.47 Å². The first-order chi connectivity index (χ1) is 14.3. The number of hydrogen-bond acceptors (Lipinski definition) is 6. The molecule has 2 aromatic carbocycles. The molecular formula is C22H24ClNO6. The third-order valence-electron chi connectivity index (χ3n) is 5.72. The van der Waals surface area contributed by atoms with Crippen LogP contribution in [0.3, 0.4) is 0 Å². The average Bonchev–Trinajstić information content (AvgIpc) is 3.05. The number of nitrogens with zero attached hydrogens (tertiary/aromatic N) is 1. The Balaban J connectivity index is 1.28. The van der Waals surface area contributed by atoms with Crippen LogP contribution in [-0.4, -0.2) is 64.1 Å². The van der Waals surface area contributed by atoms with Crippen LogP contribution in [0.2, 0.25) is 5.02 Å². The van der Waals surface area contributed by atoms with Crippen LogP contribution in [0.25, 0.3) is 0 Å². The van der Waals surface area contributed by atoms with E-state index in [1.165, 1.54) is 18.2 Å². The predicted molar refractivity (Wildman–Crippen MR) is 111 cm³/mol. The van der Waals surface area contributed by atoms with Crippen molar-refractivity contribution in [3.8, 4) is 17.2 Å². The second-order valence-corrected chi connectivity index (χ2v) is 8.40. The lowest BCUT2D eigenvalue weighted by atomic mass is 9.87. The fraction of sp³-hybridized carbons (Fsp3) is 0.409. The number of rotatable bonds is 6. The first-order valence-corrected chi connectivity index (χ1v) is 10.3. The molecule has 1 saturated heterocycles. The fourth-order valence-corrected chi connectivity index (χ4v) is 4.36. The van der Waals surface area contributed by atoms with Crippen LogP contribution in [-0.2, 0) is 6.42 Å². The van der Waals surface area contributed by atoms with Crippen molar-refractivity contribution in [2.45, 2.75) is 31.0 Å². The number of hydrogen-bond donors (Lipinski definition) is 3. The second kappa shape index (κ2) is 8.34. The molecular weight excluding hydrogens is 410 g/mol. The number of ether oxygens (including phenoxy) is 2. The molecule has 0 amide bonds. The molecule has 2 heterocycles. The summed E-state index contributed by atoms with van der Waals surface area (Å²) in [7, 11) is 0. The van der Waals surface area contributed by atoms with E-state index in [1.807, 2.05) is 18.2 Å². The van der Waals surface area contributed by atoms with Gasteiger partial charge in [0.05, 0.1) is 0 Å². The number of halogens is 1. The molecule has 30 heavy (non-hydrogen) atoms. The number of piperidine rings is 1. The van der Waals surface area contributed by atoms with Crippen molar-refractivity contribution < 1.29 is 29.6 Å². The Kier molecular flexibility index (Phi) is 5.77. The highest BCUT2D eigenvalue weighted by atomic mass is 35.5. The second-order valence-electron chi connectivity index (χ2n) is 7.96. The van der Waals surface area contributed by atoms with E-state index in [0.29, 0.717) is 11.6 Å². The normalized spacial score (nSPS) is 18.6. The molecule has 1 fully saturated rings. The maximum Gasteiger partial charge on any atom is 0.339 e. The molecule has 160 valence electrons. The Morgan fingerprint density at radius 1 is 1.23 bits per heavy atom. The number of carboxylic acid groups (broad SMARTS) is 1. The lowest BCUT2D eigenvalue weighted by Gasteiger charge is -2.39. The van der Waals surface area contributed by atoms with Crippen molar-refractivity contribution in [1.29, 1.82) is 0 Å². The molecule has 0 saturated carbocycles. The van der Waals surface area contributed by atoms with Gasteiger partial charge in [0.1, 0.15) is 41.1 Å². The smallest absolute Gasteiger partial charge is 0.339 e. The van der Waals surface area contributed by atoms with Crippen molar-refractivity contribution in [1.82, 2.24) is 4.90 Å². The molecule has 4 rings (SSSR count). The maximum atomic E-state index is 11.3. The largest absolute Gasteiger partial charge is 0.508 e. The third-order valence-corrected chi connectivity index (χ3v) is 5.96. The molecule has 8 heteroatoms. The van der Waals surface area contributed by atoms with Crippen LogP contribution in [0.15, 0.2) is 36.4 Å². The summed E-state index contributed by atoms with van der Waals surface area (Å²) < 4.78 is 11.7. The van der Waals surface area contributed by atoms with Crippen LogP contribution in [0.5, 0.6) is 17.2 Å². The minimum absolute atomic E-state index is 0.0370. The number of carbonyl (C=O) groups is 1. The van der Waals surface area contributed by atoms with Crippen LogP contribution >= 0.6 is 11.6 Å². The monoisotopic (exact) mass is 433 g/mol. The van der Waals surface area contributed by atoms with Gasteiger partial charge in [-0.05, 0) is 35.9 Å². The van der Waals surface area contributed by atoms with Gasteiger partial charge in [-0.15, -0.1) is 0 Å².